The van der Waals surface area contributed by atoms with Crippen LogP contribution in [0.5, 0.6) is 5.88 Å². The number of aromatic nitrogens is 2. The molecule has 0 bridgehead atoms. The maximum absolute atomic E-state index is 10.7. The Labute approximate surface area is 111 Å². The van der Waals surface area contributed by atoms with Gasteiger partial charge in [-0.25, -0.2) is 4.79 Å². The van der Waals surface area contributed by atoms with Gasteiger partial charge in [-0.05, 0) is 12.8 Å². The predicted molar refractivity (Wildman–Crippen MR) is 69.1 cm³/mol. The molecule has 1 rings (SSSR count). The fourth-order valence-corrected chi connectivity index (χ4v) is 1.09. The second-order valence-electron chi connectivity index (χ2n) is 4.88. The molecule has 0 amide bonds. The van der Waals surface area contributed by atoms with E-state index < -0.39 is 11.6 Å². The number of ether oxygens (including phenoxy) is 1. The van der Waals surface area contributed by atoms with Crippen LogP contribution >= 0.6 is 0 Å². The molecule has 0 aliphatic heterocycles. The van der Waals surface area contributed by atoms with Crippen molar-refractivity contribution in [2.45, 2.75) is 26.4 Å². The van der Waals surface area contributed by atoms with Gasteiger partial charge in [-0.2, -0.15) is 4.98 Å². The lowest BCUT2D eigenvalue weighted by atomic mass is 10.1. The van der Waals surface area contributed by atoms with Crippen molar-refractivity contribution < 1.29 is 19.7 Å². The molecule has 0 spiro atoms. The van der Waals surface area contributed by atoms with Gasteiger partial charge in [0.15, 0.2) is 5.60 Å². The molecular weight excluding hydrogens is 250 g/mol. The van der Waals surface area contributed by atoms with Gasteiger partial charge >= 0.3 is 5.97 Å². The molecule has 7 nitrogen and oxygen atoms in total. The lowest BCUT2D eigenvalue weighted by Crippen LogP contribution is -2.41. The third-order valence-electron chi connectivity index (χ3n) is 2.25. The van der Waals surface area contributed by atoms with E-state index in [1.165, 1.54) is 19.3 Å². The lowest BCUT2D eigenvalue weighted by molar-refractivity contribution is -0.155. The van der Waals surface area contributed by atoms with Crippen molar-refractivity contribution >= 4 is 11.8 Å². The molecule has 106 valence electrons. The summed E-state index contributed by atoms with van der Waals surface area (Å²) in [6.45, 7) is 5.57. The second-order valence-corrected chi connectivity index (χ2v) is 4.88. The van der Waals surface area contributed by atoms with Crippen LogP contribution in [0.25, 0.3) is 0 Å². The van der Waals surface area contributed by atoms with E-state index in [0.29, 0.717) is 24.2 Å². The average Bonchev–Trinajstić information content (AvgIpc) is 2.34. The largest absolute Gasteiger partial charge is 0.479 e. The minimum Gasteiger partial charge on any atom is -0.479 e. The standard InChI is InChI=1S/C12H19N3O4/c1-8(2)6-19-10-5-13-4-9(15-10)14-7-12(3,18)11(16)17/h4-5,8,18H,6-7H2,1-3H3,(H,14,15)(H,16,17). The highest BCUT2D eigenvalue weighted by Crippen LogP contribution is 2.12. The first-order valence-corrected chi connectivity index (χ1v) is 5.96. The van der Waals surface area contributed by atoms with Gasteiger partial charge in [0, 0.05) is 0 Å². The molecule has 1 atom stereocenters. The van der Waals surface area contributed by atoms with Gasteiger partial charge in [0.25, 0.3) is 0 Å². The normalized spacial score (nSPS) is 13.9. The summed E-state index contributed by atoms with van der Waals surface area (Å²) < 4.78 is 5.40. The number of carboxylic acids is 1. The zero-order valence-electron chi connectivity index (χ0n) is 11.3. The van der Waals surface area contributed by atoms with Gasteiger partial charge in [-0.15, -0.1) is 0 Å². The SMILES string of the molecule is CC(C)COc1cncc(NCC(C)(O)C(=O)O)n1. The molecule has 0 fully saturated rings. The van der Waals surface area contributed by atoms with Gasteiger partial charge < -0.3 is 20.3 Å². The highest BCUT2D eigenvalue weighted by molar-refractivity contribution is 5.77. The molecule has 0 radical (unpaired) electrons. The van der Waals surface area contributed by atoms with Crippen molar-refractivity contribution in [2.75, 3.05) is 18.5 Å². The first-order valence-electron chi connectivity index (χ1n) is 5.96. The minimum atomic E-state index is -1.86. The van der Waals surface area contributed by atoms with Crippen LogP contribution in [0.3, 0.4) is 0 Å². The highest BCUT2D eigenvalue weighted by atomic mass is 16.5. The number of hydrogen-bond acceptors (Lipinski definition) is 6. The summed E-state index contributed by atoms with van der Waals surface area (Å²) in [7, 11) is 0. The topological polar surface area (TPSA) is 105 Å². The monoisotopic (exact) mass is 269 g/mol. The summed E-state index contributed by atoms with van der Waals surface area (Å²) in [5.74, 6) is -0.234. The van der Waals surface area contributed by atoms with E-state index in [1.54, 1.807) is 0 Å². The van der Waals surface area contributed by atoms with Crippen molar-refractivity contribution in [2.24, 2.45) is 5.92 Å². The summed E-state index contributed by atoms with van der Waals surface area (Å²) in [6, 6.07) is 0. The molecule has 3 N–H and O–H groups in total. The summed E-state index contributed by atoms with van der Waals surface area (Å²) in [6.07, 6.45) is 2.91. The lowest BCUT2D eigenvalue weighted by Gasteiger charge is -2.18. The molecular formula is C12H19N3O4. The number of hydrogen-bond donors (Lipinski definition) is 3. The van der Waals surface area contributed by atoms with Crippen molar-refractivity contribution in [3.05, 3.63) is 12.4 Å². The average molecular weight is 269 g/mol. The molecule has 0 aliphatic carbocycles. The summed E-state index contributed by atoms with van der Waals surface area (Å²) in [5, 5.41) is 21.0. The molecule has 0 saturated carbocycles. The van der Waals surface area contributed by atoms with Crippen molar-refractivity contribution in [1.82, 2.24) is 9.97 Å². The van der Waals surface area contributed by atoms with Crippen molar-refractivity contribution in [1.29, 1.82) is 0 Å². The van der Waals surface area contributed by atoms with Gasteiger partial charge in [-0.1, -0.05) is 13.8 Å². The second kappa shape index (κ2) is 6.33. The molecule has 1 heterocycles. The fourth-order valence-electron chi connectivity index (χ4n) is 1.09. The Morgan fingerprint density at radius 3 is 2.79 bits per heavy atom. The van der Waals surface area contributed by atoms with Gasteiger partial charge in [0.2, 0.25) is 5.88 Å². The Morgan fingerprint density at radius 2 is 2.21 bits per heavy atom. The predicted octanol–water partition coefficient (Wildman–Crippen LogP) is 0.759. The van der Waals surface area contributed by atoms with Crippen LogP contribution in [0, 0.1) is 5.92 Å². The van der Waals surface area contributed by atoms with E-state index >= 15 is 0 Å². The quantitative estimate of drug-likeness (QED) is 0.671. The Morgan fingerprint density at radius 1 is 1.53 bits per heavy atom. The van der Waals surface area contributed by atoms with Crippen LogP contribution in [-0.2, 0) is 4.79 Å². The zero-order chi connectivity index (χ0) is 14.5. The Kier molecular flexibility index (Phi) is 5.05. The fraction of sp³-hybridized carbons (Fsp3) is 0.583. The summed E-state index contributed by atoms with van der Waals surface area (Å²) in [5.41, 5.74) is -1.86. The van der Waals surface area contributed by atoms with Crippen molar-refractivity contribution in [3.8, 4) is 5.88 Å². The van der Waals surface area contributed by atoms with E-state index in [9.17, 15) is 9.90 Å². The maximum atomic E-state index is 10.7. The van der Waals surface area contributed by atoms with Gasteiger partial charge in [-0.3, -0.25) is 4.98 Å². The molecule has 1 aromatic rings. The maximum Gasteiger partial charge on any atom is 0.337 e. The molecule has 1 aromatic heterocycles. The number of carbonyl (C=O) groups is 1. The molecule has 19 heavy (non-hydrogen) atoms. The number of aliphatic carboxylic acids is 1. The van der Waals surface area contributed by atoms with Crippen LogP contribution in [-0.4, -0.2) is 44.9 Å². The first kappa shape index (κ1) is 15.2. The molecule has 0 aliphatic rings. The van der Waals surface area contributed by atoms with E-state index in [0.717, 1.165) is 0 Å². The van der Waals surface area contributed by atoms with Crippen LogP contribution in [0.2, 0.25) is 0 Å². The minimum absolute atomic E-state index is 0.176. The van der Waals surface area contributed by atoms with Crippen LogP contribution < -0.4 is 10.1 Å². The number of nitrogens with one attached hydrogen (secondary N) is 1. The number of aliphatic hydroxyl groups is 1. The highest BCUT2D eigenvalue weighted by Gasteiger charge is 2.29. The smallest absolute Gasteiger partial charge is 0.337 e. The van der Waals surface area contributed by atoms with Gasteiger partial charge in [0.05, 0.1) is 25.5 Å². The van der Waals surface area contributed by atoms with Crippen LogP contribution in [0.1, 0.15) is 20.8 Å². The third kappa shape index (κ3) is 5.09. The number of anilines is 1. The Balaban J connectivity index is 2.60. The van der Waals surface area contributed by atoms with E-state index in [-0.39, 0.29) is 6.54 Å². The summed E-state index contributed by atoms with van der Waals surface area (Å²) in [4.78, 5) is 18.8. The Hall–Kier alpha value is -1.89. The number of rotatable bonds is 7. The van der Waals surface area contributed by atoms with Crippen LogP contribution in [0.15, 0.2) is 12.4 Å². The van der Waals surface area contributed by atoms with Crippen molar-refractivity contribution in [3.63, 3.8) is 0 Å². The Bertz CT molecular complexity index is 435. The van der Waals surface area contributed by atoms with Crippen LogP contribution in [0.4, 0.5) is 5.82 Å². The van der Waals surface area contributed by atoms with E-state index in [4.69, 9.17) is 9.84 Å². The van der Waals surface area contributed by atoms with E-state index in [2.05, 4.69) is 15.3 Å². The van der Waals surface area contributed by atoms with Gasteiger partial charge in [0.1, 0.15) is 5.82 Å². The molecule has 7 heteroatoms. The first-order chi connectivity index (χ1) is 8.81. The van der Waals surface area contributed by atoms with E-state index in [1.807, 2.05) is 13.8 Å². The molecule has 1 unspecified atom stereocenters. The zero-order valence-corrected chi connectivity index (χ0v) is 11.3. The molecule has 0 saturated heterocycles. The third-order valence-corrected chi connectivity index (χ3v) is 2.25. The number of carboxylic acid groups (broad SMARTS) is 1. The molecule has 0 aromatic carbocycles. The summed E-state index contributed by atoms with van der Waals surface area (Å²) >= 11 is 0. The number of nitrogens with zero attached hydrogens (tertiary/aromatic N) is 2.